The molecule has 0 aliphatic carbocycles. The van der Waals surface area contributed by atoms with Gasteiger partial charge < -0.3 is 10.6 Å². The minimum absolute atomic E-state index is 0.141. The second-order valence-electron chi connectivity index (χ2n) is 8.71. The first-order valence-corrected chi connectivity index (χ1v) is 11.6. The Morgan fingerprint density at radius 3 is 2.17 bits per heavy atom. The van der Waals surface area contributed by atoms with Crippen LogP contribution >= 0.6 is 0 Å². The van der Waals surface area contributed by atoms with Crippen LogP contribution in [-0.2, 0) is 0 Å². The molecule has 0 unspecified atom stereocenters. The number of benzene rings is 4. The number of aryl methyl sites for hydroxylation is 3. The van der Waals surface area contributed by atoms with Gasteiger partial charge in [-0.05, 0) is 68.3 Å². The van der Waals surface area contributed by atoms with Crippen molar-refractivity contribution in [2.45, 2.75) is 20.8 Å². The standard InChI is InChI=1S/C30H26N4O/c1-19-12-17-26-25(18-19)28(22-10-5-4-6-11-22)34-30(32-26)31-24-15-13-23(14-16-24)29(35)33-27-20(2)8-7-9-21(27)3/h4-18H,1-3H3,(H,33,35)(H,31,32,34). The van der Waals surface area contributed by atoms with Gasteiger partial charge in [-0.1, -0.05) is 60.2 Å². The molecule has 172 valence electrons. The molecule has 0 radical (unpaired) electrons. The molecular formula is C30H26N4O. The predicted molar refractivity (Wildman–Crippen MR) is 143 cm³/mol. The summed E-state index contributed by atoms with van der Waals surface area (Å²) >= 11 is 0. The van der Waals surface area contributed by atoms with E-state index in [1.165, 1.54) is 0 Å². The van der Waals surface area contributed by atoms with E-state index in [0.717, 1.165) is 50.2 Å². The molecule has 0 aliphatic rings. The molecule has 1 aromatic heterocycles. The summed E-state index contributed by atoms with van der Waals surface area (Å²) in [7, 11) is 0. The van der Waals surface area contributed by atoms with Crippen LogP contribution in [0.2, 0.25) is 0 Å². The van der Waals surface area contributed by atoms with E-state index in [4.69, 9.17) is 9.97 Å². The van der Waals surface area contributed by atoms with E-state index in [1.54, 1.807) is 12.1 Å². The maximum Gasteiger partial charge on any atom is 0.255 e. The van der Waals surface area contributed by atoms with E-state index in [9.17, 15) is 4.79 Å². The third-order valence-corrected chi connectivity index (χ3v) is 6.02. The van der Waals surface area contributed by atoms with Gasteiger partial charge in [-0.15, -0.1) is 0 Å². The minimum atomic E-state index is -0.141. The van der Waals surface area contributed by atoms with Crippen molar-refractivity contribution >= 4 is 34.1 Å². The van der Waals surface area contributed by atoms with E-state index in [1.807, 2.05) is 68.4 Å². The molecule has 35 heavy (non-hydrogen) atoms. The second-order valence-corrected chi connectivity index (χ2v) is 8.71. The molecule has 0 spiro atoms. The number of nitrogens with one attached hydrogen (secondary N) is 2. The topological polar surface area (TPSA) is 66.9 Å². The number of rotatable bonds is 5. The maximum atomic E-state index is 12.8. The second kappa shape index (κ2) is 9.39. The summed E-state index contributed by atoms with van der Waals surface area (Å²) in [5.41, 5.74) is 8.26. The molecule has 0 bridgehead atoms. The van der Waals surface area contributed by atoms with Gasteiger partial charge in [-0.25, -0.2) is 9.97 Å². The van der Waals surface area contributed by atoms with Crippen molar-refractivity contribution in [3.8, 4) is 11.3 Å². The average molecular weight is 459 g/mol. The molecule has 1 amide bonds. The summed E-state index contributed by atoms with van der Waals surface area (Å²) in [5, 5.41) is 7.35. The molecule has 0 saturated heterocycles. The molecule has 5 aromatic rings. The lowest BCUT2D eigenvalue weighted by molar-refractivity contribution is 0.102. The van der Waals surface area contributed by atoms with Gasteiger partial charge in [-0.3, -0.25) is 4.79 Å². The quantitative estimate of drug-likeness (QED) is 0.292. The number of carbonyl (C=O) groups excluding carboxylic acids is 1. The van der Waals surface area contributed by atoms with Crippen LogP contribution in [-0.4, -0.2) is 15.9 Å². The van der Waals surface area contributed by atoms with Crippen molar-refractivity contribution in [3.63, 3.8) is 0 Å². The lowest BCUT2D eigenvalue weighted by Gasteiger charge is -2.13. The number of amides is 1. The first-order chi connectivity index (χ1) is 17.0. The Morgan fingerprint density at radius 2 is 1.46 bits per heavy atom. The Balaban J connectivity index is 1.41. The summed E-state index contributed by atoms with van der Waals surface area (Å²) in [6, 6.07) is 29.6. The third kappa shape index (κ3) is 4.75. The van der Waals surface area contributed by atoms with Crippen LogP contribution in [0.1, 0.15) is 27.0 Å². The zero-order valence-electron chi connectivity index (χ0n) is 20.0. The zero-order chi connectivity index (χ0) is 24.4. The zero-order valence-corrected chi connectivity index (χ0v) is 20.0. The van der Waals surface area contributed by atoms with Crippen LogP contribution in [0.15, 0.2) is 91.0 Å². The van der Waals surface area contributed by atoms with Gasteiger partial charge in [0, 0.05) is 27.9 Å². The first kappa shape index (κ1) is 22.3. The molecule has 5 rings (SSSR count). The minimum Gasteiger partial charge on any atom is -0.324 e. The normalized spacial score (nSPS) is 10.8. The molecule has 4 aromatic carbocycles. The van der Waals surface area contributed by atoms with Crippen molar-refractivity contribution in [1.29, 1.82) is 0 Å². The number of aromatic nitrogens is 2. The largest absolute Gasteiger partial charge is 0.324 e. The van der Waals surface area contributed by atoms with Crippen LogP contribution in [0.25, 0.3) is 22.2 Å². The highest BCUT2D eigenvalue weighted by Gasteiger charge is 2.12. The molecule has 0 aliphatic heterocycles. The van der Waals surface area contributed by atoms with E-state index >= 15 is 0 Å². The van der Waals surface area contributed by atoms with Crippen molar-refractivity contribution in [2.24, 2.45) is 0 Å². The van der Waals surface area contributed by atoms with Crippen molar-refractivity contribution in [1.82, 2.24) is 9.97 Å². The number of nitrogens with zero attached hydrogens (tertiary/aromatic N) is 2. The predicted octanol–water partition coefficient (Wildman–Crippen LogP) is 7.22. The van der Waals surface area contributed by atoms with E-state index < -0.39 is 0 Å². The fourth-order valence-corrected chi connectivity index (χ4v) is 4.15. The van der Waals surface area contributed by atoms with E-state index in [0.29, 0.717) is 11.5 Å². The molecular weight excluding hydrogens is 432 g/mol. The highest BCUT2D eigenvalue weighted by Crippen LogP contribution is 2.29. The molecule has 5 heteroatoms. The Morgan fingerprint density at radius 1 is 0.743 bits per heavy atom. The van der Waals surface area contributed by atoms with Crippen LogP contribution < -0.4 is 10.6 Å². The number of carbonyl (C=O) groups is 1. The summed E-state index contributed by atoms with van der Waals surface area (Å²) in [6.45, 7) is 6.05. The first-order valence-electron chi connectivity index (χ1n) is 11.6. The monoisotopic (exact) mass is 458 g/mol. The number of hydrogen-bond donors (Lipinski definition) is 2. The molecule has 0 fully saturated rings. The van der Waals surface area contributed by atoms with Crippen LogP contribution in [0.5, 0.6) is 0 Å². The van der Waals surface area contributed by atoms with Crippen molar-refractivity contribution in [2.75, 3.05) is 10.6 Å². The van der Waals surface area contributed by atoms with Gasteiger partial charge in [0.05, 0.1) is 11.2 Å². The Hall–Kier alpha value is -4.51. The lowest BCUT2D eigenvalue weighted by atomic mass is 10.0. The van der Waals surface area contributed by atoms with Crippen LogP contribution in [0.4, 0.5) is 17.3 Å². The van der Waals surface area contributed by atoms with Crippen molar-refractivity contribution < 1.29 is 4.79 Å². The summed E-state index contributed by atoms with van der Waals surface area (Å²) in [5.74, 6) is 0.366. The molecule has 5 nitrogen and oxygen atoms in total. The summed E-state index contributed by atoms with van der Waals surface area (Å²) in [6.07, 6.45) is 0. The molecule has 0 saturated carbocycles. The molecule has 2 N–H and O–H groups in total. The lowest BCUT2D eigenvalue weighted by Crippen LogP contribution is -2.13. The highest BCUT2D eigenvalue weighted by atomic mass is 16.1. The number of para-hydroxylation sites is 1. The number of fused-ring (bicyclic) bond motifs is 1. The van der Waals surface area contributed by atoms with E-state index in [2.05, 4.69) is 41.8 Å². The fourth-order valence-electron chi connectivity index (χ4n) is 4.15. The summed E-state index contributed by atoms with van der Waals surface area (Å²) in [4.78, 5) is 22.4. The van der Waals surface area contributed by atoms with Crippen LogP contribution in [0, 0.1) is 20.8 Å². The fraction of sp³-hybridized carbons (Fsp3) is 0.100. The van der Waals surface area contributed by atoms with Gasteiger partial charge in [-0.2, -0.15) is 0 Å². The van der Waals surface area contributed by atoms with Crippen molar-refractivity contribution in [3.05, 3.63) is 113 Å². The molecule has 1 heterocycles. The van der Waals surface area contributed by atoms with E-state index in [-0.39, 0.29) is 5.91 Å². The molecule has 0 atom stereocenters. The van der Waals surface area contributed by atoms with Gasteiger partial charge in [0.15, 0.2) is 0 Å². The smallest absolute Gasteiger partial charge is 0.255 e. The van der Waals surface area contributed by atoms with Gasteiger partial charge in [0.2, 0.25) is 5.95 Å². The average Bonchev–Trinajstić information content (AvgIpc) is 2.87. The Kier molecular flexibility index (Phi) is 5.98. The maximum absolute atomic E-state index is 12.8. The van der Waals surface area contributed by atoms with Gasteiger partial charge in [0.1, 0.15) is 0 Å². The van der Waals surface area contributed by atoms with Gasteiger partial charge >= 0.3 is 0 Å². The Labute approximate surface area is 204 Å². The number of anilines is 3. The number of hydrogen-bond acceptors (Lipinski definition) is 4. The summed E-state index contributed by atoms with van der Waals surface area (Å²) < 4.78 is 0. The highest BCUT2D eigenvalue weighted by molar-refractivity contribution is 6.05. The van der Waals surface area contributed by atoms with Gasteiger partial charge in [0.25, 0.3) is 5.91 Å². The Bertz CT molecular complexity index is 1510. The SMILES string of the molecule is Cc1ccc2nc(Nc3ccc(C(=O)Nc4c(C)cccc4C)cc3)nc(-c3ccccc3)c2c1. The third-order valence-electron chi connectivity index (χ3n) is 6.02. The van der Waals surface area contributed by atoms with Crippen LogP contribution in [0.3, 0.4) is 0 Å².